The molecule has 3 nitrogen and oxygen atoms in total. The molecule has 0 aliphatic rings. The average molecular weight is 286 g/mol. The molecule has 2 rings (SSSR count). The third-order valence-corrected chi connectivity index (χ3v) is 3.65. The van der Waals surface area contributed by atoms with Crippen molar-refractivity contribution in [1.82, 2.24) is 0 Å². The summed E-state index contributed by atoms with van der Waals surface area (Å²) < 4.78 is 7.01. The van der Waals surface area contributed by atoms with Gasteiger partial charge in [0.2, 0.25) is 5.69 Å². The normalized spacial score (nSPS) is 11.5. The zero-order valence-electron chi connectivity index (χ0n) is 13.5. The van der Waals surface area contributed by atoms with Gasteiger partial charge < -0.3 is 4.74 Å². The van der Waals surface area contributed by atoms with Gasteiger partial charge in [-0.1, -0.05) is 32.9 Å². The van der Waals surface area contributed by atoms with Gasteiger partial charge in [-0.15, -0.1) is 0 Å². The van der Waals surface area contributed by atoms with Gasteiger partial charge in [0.15, 0.2) is 6.61 Å². The number of aromatic nitrogens is 1. The van der Waals surface area contributed by atoms with Crippen molar-refractivity contribution in [3.63, 3.8) is 0 Å². The Hall–Kier alpha value is -2.03. The number of rotatable bonds is 3. The summed E-state index contributed by atoms with van der Waals surface area (Å²) in [4.78, 5) is 0. The largest absolute Gasteiger partial charge is 0.482 e. The molecule has 21 heavy (non-hydrogen) atoms. The van der Waals surface area contributed by atoms with Crippen LogP contribution in [0.5, 0.6) is 5.75 Å². The number of aryl methyl sites for hydroxylation is 2. The van der Waals surface area contributed by atoms with E-state index in [1.165, 1.54) is 10.3 Å². The summed E-state index contributed by atoms with van der Waals surface area (Å²) in [5.74, 6) is 0.851. The zero-order chi connectivity index (χ0) is 15.6. The Balaban J connectivity index is 2.16. The molecule has 0 aliphatic carbocycles. The summed E-state index contributed by atoms with van der Waals surface area (Å²) in [7, 11) is 0. The van der Waals surface area contributed by atoms with Crippen LogP contribution in [0, 0.1) is 13.8 Å². The van der Waals surface area contributed by atoms with Gasteiger partial charge in [-0.05, 0) is 35.6 Å². The van der Waals surface area contributed by atoms with Crippen molar-refractivity contribution in [3.05, 3.63) is 58.9 Å². The van der Waals surface area contributed by atoms with Gasteiger partial charge in [-0.25, -0.2) is 0 Å². The first-order valence-electron chi connectivity index (χ1n) is 7.23. The summed E-state index contributed by atoms with van der Waals surface area (Å²) in [5.41, 5.74) is 4.05. The van der Waals surface area contributed by atoms with Crippen molar-refractivity contribution in [2.45, 2.75) is 46.6 Å². The van der Waals surface area contributed by atoms with Crippen LogP contribution < -0.4 is 9.47 Å². The molecule has 0 spiro atoms. The van der Waals surface area contributed by atoms with Gasteiger partial charge in [-0.3, -0.25) is 5.21 Å². The van der Waals surface area contributed by atoms with Crippen LogP contribution in [0.1, 0.15) is 43.3 Å². The van der Waals surface area contributed by atoms with E-state index in [0.717, 1.165) is 22.7 Å². The number of nitrogens with zero attached hydrogens (tertiary/aromatic N) is 1. The number of pyridine rings is 1. The maximum absolute atomic E-state index is 9.93. The maximum Gasteiger partial charge on any atom is 0.271 e. The lowest BCUT2D eigenvalue weighted by atomic mass is 9.86. The van der Waals surface area contributed by atoms with E-state index in [1.54, 1.807) is 0 Å². The molecule has 1 N–H and O–H groups in total. The van der Waals surface area contributed by atoms with Crippen molar-refractivity contribution in [2.24, 2.45) is 0 Å². The lowest BCUT2D eigenvalue weighted by Gasteiger charge is -2.20. The third kappa shape index (κ3) is 3.54. The van der Waals surface area contributed by atoms with E-state index < -0.39 is 0 Å². The molecule has 1 aromatic carbocycles. The highest BCUT2D eigenvalue weighted by Gasteiger charge is 2.16. The predicted molar refractivity (Wildman–Crippen MR) is 82.8 cm³/mol. The quantitative estimate of drug-likeness (QED) is 0.689. The van der Waals surface area contributed by atoms with Gasteiger partial charge >= 0.3 is 0 Å². The van der Waals surface area contributed by atoms with Gasteiger partial charge in [0.1, 0.15) is 5.75 Å². The van der Waals surface area contributed by atoms with Crippen LogP contribution >= 0.6 is 0 Å². The second-order valence-electron chi connectivity index (χ2n) is 6.49. The van der Waals surface area contributed by atoms with E-state index >= 15 is 0 Å². The van der Waals surface area contributed by atoms with Crippen LogP contribution in [0.4, 0.5) is 0 Å². The zero-order valence-corrected chi connectivity index (χ0v) is 13.5. The fraction of sp³-hybridized carbons (Fsp3) is 0.389. The minimum atomic E-state index is 0.133. The first kappa shape index (κ1) is 15.4. The van der Waals surface area contributed by atoms with Crippen LogP contribution in [-0.4, -0.2) is 5.21 Å². The Bertz CT molecular complexity index is 642. The van der Waals surface area contributed by atoms with Crippen molar-refractivity contribution < 1.29 is 14.7 Å². The van der Waals surface area contributed by atoms with Gasteiger partial charge in [0.05, 0.1) is 0 Å². The number of ether oxygens (including phenoxy) is 1. The third-order valence-electron chi connectivity index (χ3n) is 3.65. The van der Waals surface area contributed by atoms with Crippen molar-refractivity contribution in [2.75, 3.05) is 0 Å². The van der Waals surface area contributed by atoms with E-state index in [9.17, 15) is 5.21 Å². The molecule has 0 amide bonds. The summed E-state index contributed by atoms with van der Waals surface area (Å²) >= 11 is 0. The number of hydrogen-bond donors (Lipinski definition) is 1. The topological polar surface area (TPSA) is 33.3 Å². The fourth-order valence-electron chi connectivity index (χ4n) is 2.20. The maximum atomic E-state index is 9.93. The first-order valence-corrected chi connectivity index (χ1v) is 7.23. The molecule has 0 bridgehead atoms. The molecule has 2 aromatic rings. The second-order valence-corrected chi connectivity index (χ2v) is 6.49. The van der Waals surface area contributed by atoms with Crippen molar-refractivity contribution in [3.8, 4) is 5.75 Å². The monoisotopic (exact) mass is 286 g/mol. The smallest absolute Gasteiger partial charge is 0.271 e. The van der Waals surface area contributed by atoms with Crippen LogP contribution in [0.2, 0.25) is 0 Å². The highest BCUT2D eigenvalue weighted by Crippen LogP contribution is 2.27. The molecule has 0 aliphatic heterocycles. The standard InChI is InChI=1S/C18H24NO2/c1-13-11-15(18(3,4)5)9-10-17(13)21-12-16-8-6-7-14(2)19(16)20/h6-11,20H,12H2,1-5H3/q+1. The molecule has 0 radical (unpaired) electrons. The summed E-state index contributed by atoms with van der Waals surface area (Å²) in [5, 5.41) is 9.93. The Morgan fingerprint density at radius 1 is 1.10 bits per heavy atom. The van der Waals surface area contributed by atoms with Gasteiger partial charge in [0, 0.05) is 23.8 Å². The Morgan fingerprint density at radius 2 is 1.81 bits per heavy atom. The second kappa shape index (κ2) is 5.76. The minimum absolute atomic E-state index is 0.133. The minimum Gasteiger partial charge on any atom is -0.482 e. The molecular weight excluding hydrogens is 262 g/mol. The molecular formula is C18H24NO2+. The number of hydrogen-bond acceptors (Lipinski definition) is 2. The van der Waals surface area contributed by atoms with Gasteiger partial charge in [0.25, 0.3) is 5.69 Å². The van der Waals surface area contributed by atoms with Crippen molar-refractivity contribution in [1.29, 1.82) is 0 Å². The summed E-state index contributed by atoms with van der Waals surface area (Å²) in [6, 6.07) is 11.9. The van der Waals surface area contributed by atoms with Crippen LogP contribution in [0.25, 0.3) is 0 Å². The fourth-order valence-corrected chi connectivity index (χ4v) is 2.20. The van der Waals surface area contributed by atoms with E-state index in [4.69, 9.17) is 4.74 Å². The molecule has 1 aromatic heterocycles. The van der Waals surface area contributed by atoms with Crippen LogP contribution in [-0.2, 0) is 12.0 Å². The molecule has 0 saturated heterocycles. The number of benzene rings is 1. The lowest BCUT2D eigenvalue weighted by molar-refractivity contribution is -0.914. The Morgan fingerprint density at radius 3 is 2.43 bits per heavy atom. The lowest BCUT2D eigenvalue weighted by Crippen LogP contribution is -2.39. The van der Waals surface area contributed by atoms with E-state index in [-0.39, 0.29) is 5.41 Å². The molecule has 3 heteroatoms. The average Bonchev–Trinajstić information content (AvgIpc) is 2.40. The molecule has 0 fully saturated rings. The summed E-state index contributed by atoms with van der Waals surface area (Å²) in [6.45, 7) is 10.8. The SMILES string of the molecule is Cc1cc(C(C)(C)C)ccc1OCc1cccc(C)[n+]1O. The van der Waals surface area contributed by atoms with Gasteiger partial charge in [-0.2, -0.15) is 0 Å². The van der Waals surface area contributed by atoms with Crippen molar-refractivity contribution >= 4 is 0 Å². The Labute approximate surface area is 126 Å². The molecule has 0 saturated carbocycles. The van der Waals surface area contributed by atoms with E-state index in [2.05, 4.69) is 32.9 Å². The highest BCUT2D eigenvalue weighted by atomic mass is 16.5. The highest BCUT2D eigenvalue weighted by molar-refractivity contribution is 5.38. The van der Waals surface area contributed by atoms with Crippen LogP contribution in [0.15, 0.2) is 36.4 Å². The summed E-state index contributed by atoms with van der Waals surface area (Å²) in [6.07, 6.45) is 0. The van der Waals surface area contributed by atoms with Crippen LogP contribution in [0.3, 0.4) is 0 Å². The predicted octanol–water partition coefficient (Wildman–Crippen LogP) is 3.70. The molecule has 0 unspecified atom stereocenters. The molecule has 112 valence electrons. The van der Waals surface area contributed by atoms with E-state index in [1.807, 2.05) is 38.1 Å². The first-order chi connectivity index (χ1) is 9.79. The van der Waals surface area contributed by atoms with E-state index in [0.29, 0.717) is 6.61 Å². The Kier molecular flexibility index (Phi) is 4.21. The molecule has 0 atom stereocenters. The molecule has 1 heterocycles.